The third-order valence-corrected chi connectivity index (χ3v) is 8.86. The molecule has 176 valence electrons. The van der Waals surface area contributed by atoms with Crippen LogP contribution in [-0.4, -0.2) is 91.7 Å². The Morgan fingerprint density at radius 2 is 1.97 bits per heavy atom. The highest BCUT2D eigenvalue weighted by atomic mass is 32.2. The topological polar surface area (TPSA) is 108 Å². The number of sulfone groups is 1. The Morgan fingerprint density at radius 3 is 2.56 bits per heavy atom. The number of piperazine rings is 1. The van der Waals surface area contributed by atoms with Crippen molar-refractivity contribution in [2.45, 2.75) is 51.8 Å². The van der Waals surface area contributed by atoms with Crippen LogP contribution in [0.4, 0.5) is 5.82 Å². The molecule has 0 radical (unpaired) electrons. The van der Waals surface area contributed by atoms with Crippen LogP contribution in [0.15, 0.2) is 0 Å². The molecule has 1 amide bonds. The second-order valence-electron chi connectivity index (χ2n) is 9.21. The van der Waals surface area contributed by atoms with Gasteiger partial charge in [-0.3, -0.25) is 14.6 Å². The Balaban J connectivity index is 1.36. The molecule has 1 aromatic rings. The van der Waals surface area contributed by atoms with E-state index in [2.05, 4.69) is 21.2 Å². The number of anilines is 1. The third-order valence-electron chi connectivity index (χ3n) is 7.11. The number of rotatable bonds is 6. The van der Waals surface area contributed by atoms with Crippen LogP contribution in [0, 0.1) is 25.2 Å². The quantitative estimate of drug-likeness (QED) is 0.668. The minimum atomic E-state index is -2.89. The maximum atomic E-state index is 12.9. The highest BCUT2D eigenvalue weighted by Gasteiger charge is 2.34. The smallest absolute Gasteiger partial charge is 0.239 e. The van der Waals surface area contributed by atoms with Gasteiger partial charge < -0.3 is 14.6 Å². The van der Waals surface area contributed by atoms with E-state index in [4.69, 9.17) is 4.74 Å². The molecule has 0 unspecified atom stereocenters. The number of nitrogens with one attached hydrogen (secondary N) is 1. The van der Waals surface area contributed by atoms with Gasteiger partial charge in [0.15, 0.2) is 9.84 Å². The van der Waals surface area contributed by atoms with Crippen molar-refractivity contribution in [1.82, 2.24) is 14.4 Å². The number of carbonyl (C=O) groups excluding carboxylic acids is 1. The first-order chi connectivity index (χ1) is 15.3. The van der Waals surface area contributed by atoms with Crippen LogP contribution < -0.4 is 5.32 Å². The molecule has 10 heteroatoms. The Labute approximate surface area is 190 Å². The van der Waals surface area contributed by atoms with Crippen molar-refractivity contribution in [3.05, 3.63) is 16.8 Å². The molecule has 2 atom stereocenters. The van der Waals surface area contributed by atoms with Crippen LogP contribution in [0.5, 0.6) is 0 Å². The number of aromatic nitrogens is 1. The van der Waals surface area contributed by atoms with Crippen LogP contribution in [0.25, 0.3) is 0 Å². The summed E-state index contributed by atoms with van der Waals surface area (Å²) in [5.41, 5.74) is 2.38. The Morgan fingerprint density at radius 1 is 1.22 bits per heavy atom. The highest BCUT2D eigenvalue weighted by molar-refractivity contribution is 7.91. The standard InChI is InChI=1S/C22H33N5O4S/c1-16-17(2)27(13-19-4-3-10-31-19)22(20(16)12-23)24-21(28)14-25-6-8-26(9-7-25)18-5-11-32(29,30)15-18/h18-19H,3-11,13-15H2,1-2H3,(H,24,28)/t18-,19-/m0/s1. The number of hydrogen-bond donors (Lipinski definition) is 1. The van der Waals surface area contributed by atoms with E-state index in [1.165, 1.54) is 0 Å². The second-order valence-corrected chi connectivity index (χ2v) is 11.4. The molecule has 0 aliphatic carbocycles. The lowest BCUT2D eigenvalue weighted by molar-refractivity contribution is -0.117. The number of carbonyl (C=O) groups is 1. The molecule has 32 heavy (non-hydrogen) atoms. The van der Waals surface area contributed by atoms with E-state index >= 15 is 0 Å². The summed E-state index contributed by atoms with van der Waals surface area (Å²) in [6.07, 6.45) is 2.84. The molecule has 0 aromatic carbocycles. The zero-order valence-corrected chi connectivity index (χ0v) is 19.8. The van der Waals surface area contributed by atoms with Gasteiger partial charge in [-0.25, -0.2) is 8.42 Å². The van der Waals surface area contributed by atoms with Crippen LogP contribution in [0.3, 0.4) is 0 Å². The van der Waals surface area contributed by atoms with Crippen molar-refractivity contribution in [1.29, 1.82) is 5.26 Å². The molecule has 0 saturated carbocycles. The fraction of sp³-hybridized carbons (Fsp3) is 0.727. The van der Waals surface area contributed by atoms with E-state index in [0.29, 0.717) is 24.3 Å². The summed E-state index contributed by atoms with van der Waals surface area (Å²) in [4.78, 5) is 17.2. The minimum absolute atomic E-state index is 0.107. The lowest BCUT2D eigenvalue weighted by Crippen LogP contribution is -2.52. The first-order valence-corrected chi connectivity index (χ1v) is 13.3. The molecular weight excluding hydrogens is 430 g/mol. The summed E-state index contributed by atoms with van der Waals surface area (Å²) in [6, 6.07) is 2.37. The largest absolute Gasteiger partial charge is 0.376 e. The van der Waals surface area contributed by atoms with Crippen molar-refractivity contribution in [3.63, 3.8) is 0 Å². The van der Waals surface area contributed by atoms with Gasteiger partial charge >= 0.3 is 0 Å². The van der Waals surface area contributed by atoms with Crippen molar-refractivity contribution < 1.29 is 17.9 Å². The van der Waals surface area contributed by atoms with Crippen molar-refractivity contribution in [2.75, 3.05) is 56.2 Å². The Kier molecular flexibility index (Phi) is 6.91. The van der Waals surface area contributed by atoms with Crippen LogP contribution in [0.1, 0.15) is 36.1 Å². The molecule has 3 fully saturated rings. The van der Waals surface area contributed by atoms with Crippen LogP contribution in [-0.2, 0) is 25.9 Å². The summed E-state index contributed by atoms with van der Waals surface area (Å²) in [5.74, 6) is 0.971. The normalized spacial score (nSPS) is 26.3. The number of hydrogen-bond acceptors (Lipinski definition) is 7. The summed E-state index contributed by atoms with van der Waals surface area (Å²) in [6.45, 7) is 8.53. The summed E-state index contributed by atoms with van der Waals surface area (Å²) in [7, 11) is -2.89. The summed E-state index contributed by atoms with van der Waals surface area (Å²) in [5, 5.41) is 12.7. The Hall–Kier alpha value is -1.93. The van der Waals surface area contributed by atoms with Crippen molar-refractivity contribution >= 4 is 21.6 Å². The highest BCUT2D eigenvalue weighted by Crippen LogP contribution is 2.28. The molecule has 3 aliphatic rings. The second kappa shape index (κ2) is 9.51. The zero-order chi connectivity index (χ0) is 22.9. The molecular formula is C22H33N5O4S. The van der Waals surface area contributed by atoms with Crippen LogP contribution >= 0.6 is 0 Å². The molecule has 0 bridgehead atoms. The van der Waals surface area contributed by atoms with Gasteiger partial charge in [0.25, 0.3) is 0 Å². The average molecular weight is 464 g/mol. The maximum Gasteiger partial charge on any atom is 0.239 e. The first-order valence-electron chi connectivity index (χ1n) is 11.5. The van der Waals surface area contributed by atoms with Gasteiger partial charge in [0, 0.05) is 44.5 Å². The van der Waals surface area contributed by atoms with E-state index in [-0.39, 0.29) is 36.1 Å². The predicted molar refractivity (Wildman–Crippen MR) is 121 cm³/mol. The number of nitriles is 1. The van der Waals surface area contributed by atoms with Gasteiger partial charge in [-0.15, -0.1) is 0 Å². The lowest BCUT2D eigenvalue weighted by atomic mass is 10.2. The van der Waals surface area contributed by atoms with Crippen LogP contribution in [0.2, 0.25) is 0 Å². The van der Waals surface area contributed by atoms with Gasteiger partial charge in [0.2, 0.25) is 5.91 Å². The van der Waals surface area contributed by atoms with Gasteiger partial charge in [-0.2, -0.15) is 5.26 Å². The van der Waals surface area contributed by atoms with Gasteiger partial charge in [0.1, 0.15) is 11.9 Å². The molecule has 1 aromatic heterocycles. The average Bonchev–Trinajstić information content (AvgIpc) is 3.45. The molecule has 3 aliphatic heterocycles. The summed E-state index contributed by atoms with van der Waals surface area (Å²) >= 11 is 0. The zero-order valence-electron chi connectivity index (χ0n) is 19.0. The number of nitrogens with zero attached hydrogens (tertiary/aromatic N) is 4. The Bertz CT molecular complexity index is 998. The predicted octanol–water partition coefficient (Wildman–Crippen LogP) is 0.899. The van der Waals surface area contributed by atoms with E-state index in [1.807, 2.05) is 18.4 Å². The molecule has 9 nitrogen and oxygen atoms in total. The molecule has 4 rings (SSSR count). The van der Waals surface area contributed by atoms with E-state index in [0.717, 1.165) is 56.9 Å². The molecule has 4 heterocycles. The van der Waals surface area contributed by atoms with E-state index in [9.17, 15) is 18.5 Å². The maximum absolute atomic E-state index is 12.9. The lowest BCUT2D eigenvalue weighted by Gasteiger charge is -2.37. The fourth-order valence-corrected chi connectivity index (χ4v) is 6.84. The molecule has 1 N–H and O–H groups in total. The third kappa shape index (κ3) is 5.01. The molecule has 0 spiro atoms. The fourth-order valence-electron chi connectivity index (χ4n) is 5.08. The van der Waals surface area contributed by atoms with Crippen molar-refractivity contribution in [2.24, 2.45) is 0 Å². The van der Waals surface area contributed by atoms with E-state index in [1.54, 1.807) is 0 Å². The monoisotopic (exact) mass is 463 g/mol. The van der Waals surface area contributed by atoms with Gasteiger partial charge in [-0.1, -0.05) is 0 Å². The SMILES string of the molecule is Cc1c(C#N)c(NC(=O)CN2CCN([C@H]3CCS(=O)(=O)C3)CC2)n(C[C@@H]2CCCO2)c1C. The number of amides is 1. The van der Waals surface area contributed by atoms with Gasteiger partial charge in [-0.05, 0) is 38.7 Å². The molecule has 3 saturated heterocycles. The summed E-state index contributed by atoms with van der Waals surface area (Å²) < 4.78 is 31.3. The minimum Gasteiger partial charge on any atom is -0.376 e. The first kappa shape index (κ1) is 23.2. The van der Waals surface area contributed by atoms with Crippen molar-refractivity contribution in [3.8, 4) is 6.07 Å². The van der Waals surface area contributed by atoms with Gasteiger partial charge in [0.05, 0.1) is 36.3 Å². The van der Waals surface area contributed by atoms with E-state index < -0.39 is 9.84 Å². The number of ether oxygens (including phenoxy) is 1.